The number of hydrogen-bond acceptors (Lipinski definition) is 2. The van der Waals surface area contributed by atoms with E-state index in [4.69, 9.17) is 5.11 Å². The lowest BCUT2D eigenvalue weighted by atomic mass is 9.88. The Bertz CT molecular complexity index is 467. The smallest absolute Gasteiger partial charge is 0.314 e. The average Bonchev–Trinajstić information content (AvgIpc) is 2.75. The van der Waals surface area contributed by atoms with Crippen LogP contribution in [0.3, 0.4) is 0 Å². The van der Waals surface area contributed by atoms with Crippen LogP contribution in [0.2, 0.25) is 0 Å². The minimum absolute atomic E-state index is 0.373. The first kappa shape index (κ1) is 10.9. The Morgan fingerprint density at radius 3 is 2.38 bits per heavy atom. The predicted molar refractivity (Wildman–Crippen MR) is 55.8 cm³/mol. The van der Waals surface area contributed by atoms with E-state index in [1.54, 1.807) is 0 Å². The van der Waals surface area contributed by atoms with E-state index in [1.807, 2.05) is 13.8 Å². The van der Waals surface area contributed by atoms with Gasteiger partial charge in [0.2, 0.25) is 0 Å². The van der Waals surface area contributed by atoms with Gasteiger partial charge in [-0.3, -0.25) is 4.79 Å². The highest BCUT2D eigenvalue weighted by molar-refractivity contribution is 5.87. The van der Waals surface area contributed by atoms with Gasteiger partial charge in [0.15, 0.2) is 11.6 Å². The van der Waals surface area contributed by atoms with Crippen LogP contribution >= 0.6 is 0 Å². The molecule has 16 heavy (non-hydrogen) atoms. The minimum Gasteiger partial charge on any atom is -0.505 e. The first-order valence-corrected chi connectivity index (χ1v) is 5.04. The molecule has 0 aromatic heterocycles. The van der Waals surface area contributed by atoms with Gasteiger partial charge in [0, 0.05) is 0 Å². The quantitative estimate of drug-likeness (QED) is 0.810. The molecule has 1 unspecified atom stereocenters. The van der Waals surface area contributed by atoms with Crippen molar-refractivity contribution in [2.24, 2.45) is 5.41 Å². The summed E-state index contributed by atoms with van der Waals surface area (Å²) in [6.07, 6.45) is 0.486. The molecule has 1 aromatic rings. The number of carboxylic acid groups (broad SMARTS) is 1. The first-order chi connectivity index (χ1) is 7.31. The molecule has 2 rings (SSSR count). The van der Waals surface area contributed by atoms with E-state index in [1.165, 1.54) is 12.1 Å². The summed E-state index contributed by atoms with van der Waals surface area (Å²) in [5.41, 5.74) is -0.968. The third-order valence-electron chi connectivity index (χ3n) is 3.54. The molecule has 1 aromatic carbocycles. The molecular formula is C12H13FO3. The van der Waals surface area contributed by atoms with Crippen LogP contribution in [-0.2, 0) is 10.2 Å². The number of carboxylic acids is 1. The highest BCUT2D eigenvalue weighted by atomic mass is 19.1. The van der Waals surface area contributed by atoms with E-state index < -0.39 is 23.0 Å². The Kier molecular flexibility index (Phi) is 2.02. The van der Waals surface area contributed by atoms with Crippen molar-refractivity contribution in [1.29, 1.82) is 0 Å². The summed E-state index contributed by atoms with van der Waals surface area (Å²) < 4.78 is 13.2. The van der Waals surface area contributed by atoms with Crippen molar-refractivity contribution in [3.8, 4) is 5.75 Å². The number of rotatable bonds is 2. The fraction of sp³-hybridized carbons (Fsp3) is 0.417. The summed E-state index contributed by atoms with van der Waals surface area (Å²) in [4.78, 5) is 11.3. The van der Waals surface area contributed by atoms with E-state index in [2.05, 4.69) is 0 Å². The lowest BCUT2D eigenvalue weighted by Gasteiger charge is -2.16. The fourth-order valence-corrected chi connectivity index (χ4v) is 2.37. The van der Waals surface area contributed by atoms with Crippen LogP contribution in [-0.4, -0.2) is 16.2 Å². The highest BCUT2D eigenvalue weighted by Crippen LogP contribution is 2.64. The van der Waals surface area contributed by atoms with Gasteiger partial charge in [-0.15, -0.1) is 0 Å². The predicted octanol–water partition coefficient (Wildman–Crippen LogP) is 2.28. The number of carbonyl (C=O) groups is 1. The van der Waals surface area contributed by atoms with Gasteiger partial charge < -0.3 is 10.2 Å². The first-order valence-electron chi connectivity index (χ1n) is 5.04. The van der Waals surface area contributed by atoms with Crippen molar-refractivity contribution in [2.45, 2.75) is 25.7 Å². The lowest BCUT2D eigenvalue weighted by Crippen LogP contribution is -2.25. The van der Waals surface area contributed by atoms with Crippen molar-refractivity contribution in [3.63, 3.8) is 0 Å². The van der Waals surface area contributed by atoms with Crippen molar-refractivity contribution < 1.29 is 19.4 Å². The molecule has 0 heterocycles. The summed E-state index contributed by atoms with van der Waals surface area (Å²) in [7, 11) is 0. The van der Waals surface area contributed by atoms with Gasteiger partial charge in [-0.1, -0.05) is 19.9 Å². The summed E-state index contributed by atoms with van der Waals surface area (Å²) in [6.45, 7) is 3.68. The molecule has 0 bridgehead atoms. The van der Waals surface area contributed by atoms with Crippen molar-refractivity contribution in [2.75, 3.05) is 0 Å². The second-order valence-corrected chi connectivity index (χ2v) is 4.94. The lowest BCUT2D eigenvalue weighted by molar-refractivity contribution is -0.141. The molecule has 1 aliphatic rings. The molecule has 2 N–H and O–H groups in total. The molecule has 0 radical (unpaired) electrons. The van der Waals surface area contributed by atoms with Crippen LogP contribution in [0.15, 0.2) is 18.2 Å². The van der Waals surface area contributed by atoms with Gasteiger partial charge in [-0.05, 0) is 29.5 Å². The van der Waals surface area contributed by atoms with E-state index in [9.17, 15) is 14.3 Å². The van der Waals surface area contributed by atoms with Crippen LogP contribution in [0.5, 0.6) is 5.75 Å². The Morgan fingerprint density at radius 2 is 2.00 bits per heavy atom. The number of hydrogen-bond donors (Lipinski definition) is 2. The molecule has 86 valence electrons. The summed E-state index contributed by atoms with van der Waals surface area (Å²) in [5.74, 6) is -2.17. The molecule has 1 atom stereocenters. The van der Waals surface area contributed by atoms with Crippen molar-refractivity contribution in [1.82, 2.24) is 0 Å². The highest BCUT2D eigenvalue weighted by Gasteiger charge is 2.67. The zero-order chi connectivity index (χ0) is 12.1. The van der Waals surface area contributed by atoms with Crippen LogP contribution in [0.4, 0.5) is 4.39 Å². The largest absolute Gasteiger partial charge is 0.505 e. The molecule has 1 fully saturated rings. The normalized spacial score (nSPS) is 26.4. The molecule has 0 amide bonds. The Morgan fingerprint density at radius 1 is 1.44 bits per heavy atom. The minimum atomic E-state index is -1.01. The zero-order valence-corrected chi connectivity index (χ0v) is 9.12. The van der Waals surface area contributed by atoms with Crippen LogP contribution < -0.4 is 0 Å². The molecule has 0 spiro atoms. The van der Waals surface area contributed by atoms with Gasteiger partial charge in [0.1, 0.15) is 0 Å². The van der Waals surface area contributed by atoms with Crippen LogP contribution in [0.25, 0.3) is 0 Å². The summed E-state index contributed by atoms with van der Waals surface area (Å²) in [5, 5.41) is 18.3. The number of phenolic OH excluding ortho intramolecular Hbond substituents is 1. The Labute approximate surface area is 92.5 Å². The van der Waals surface area contributed by atoms with Crippen molar-refractivity contribution in [3.05, 3.63) is 29.6 Å². The molecule has 0 saturated heterocycles. The van der Waals surface area contributed by atoms with E-state index >= 15 is 0 Å². The Hall–Kier alpha value is -1.58. The molecule has 4 heteroatoms. The topological polar surface area (TPSA) is 57.5 Å². The number of aliphatic carboxylic acids is 1. The number of phenols is 1. The van der Waals surface area contributed by atoms with Gasteiger partial charge >= 0.3 is 5.97 Å². The van der Waals surface area contributed by atoms with Gasteiger partial charge in [0.05, 0.1) is 5.41 Å². The fourth-order valence-electron chi connectivity index (χ4n) is 2.37. The maximum atomic E-state index is 13.2. The molecule has 1 aliphatic carbocycles. The van der Waals surface area contributed by atoms with Crippen molar-refractivity contribution >= 4 is 5.97 Å². The molecule has 0 aliphatic heterocycles. The second-order valence-electron chi connectivity index (χ2n) is 4.94. The van der Waals surface area contributed by atoms with E-state index in [0.717, 1.165) is 6.07 Å². The average molecular weight is 224 g/mol. The van der Waals surface area contributed by atoms with E-state index in [0.29, 0.717) is 12.0 Å². The van der Waals surface area contributed by atoms with Crippen LogP contribution in [0, 0.1) is 11.2 Å². The van der Waals surface area contributed by atoms with Crippen LogP contribution in [0.1, 0.15) is 25.8 Å². The zero-order valence-electron chi connectivity index (χ0n) is 9.12. The third kappa shape index (κ3) is 1.22. The molecule has 3 nitrogen and oxygen atoms in total. The molecular weight excluding hydrogens is 211 g/mol. The van der Waals surface area contributed by atoms with Gasteiger partial charge in [-0.2, -0.15) is 0 Å². The SMILES string of the molecule is CC1(C)CC1(C(=O)O)c1ccc(O)c(F)c1. The number of aromatic hydroxyl groups is 1. The summed E-state index contributed by atoms with van der Waals surface area (Å²) >= 11 is 0. The monoisotopic (exact) mass is 224 g/mol. The van der Waals surface area contributed by atoms with E-state index in [-0.39, 0.29) is 5.41 Å². The van der Waals surface area contributed by atoms with Gasteiger partial charge in [0.25, 0.3) is 0 Å². The second kappa shape index (κ2) is 2.97. The Balaban J connectivity index is 2.51. The number of benzene rings is 1. The number of halogens is 1. The van der Waals surface area contributed by atoms with Gasteiger partial charge in [-0.25, -0.2) is 4.39 Å². The maximum Gasteiger partial charge on any atom is 0.314 e. The summed E-state index contributed by atoms with van der Waals surface area (Å²) in [6, 6.07) is 3.78. The third-order valence-corrected chi connectivity index (χ3v) is 3.54. The molecule has 1 saturated carbocycles. The standard InChI is InChI=1S/C12H13FO3/c1-11(2)6-12(11,10(15)16)7-3-4-9(14)8(13)5-7/h3-5,14H,6H2,1-2H3,(H,15,16). The maximum absolute atomic E-state index is 13.2.